The Morgan fingerprint density at radius 3 is 2.70 bits per heavy atom. The van der Waals surface area contributed by atoms with E-state index in [2.05, 4.69) is 49.8 Å². The van der Waals surface area contributed by atoms with Crippen LogP contribution in [-0.4, -0.2) is 46.5 Å². The fourth-order valence-corrected chi connectivity index (χ4v) is 4.39. The third kappa shape index (κ3) is 3.49. The Balaban J connectivity index is 1.41. The first kappa shape index (κ1) is 18.6. The maximum atomic E-state index is 11.4. The van der Waals surface area contributed by atoms with Gasteiger partial charge in [-0.3, -0.25) is 9.20 Å². The summed E-state index contributed by atoms with van der Waals surface area (Å²) in [6, 6.07) is 10.2. The molecule has 4 heterocycles. The molecule has 152 valence electrons. The molecule has 0 bridgehead atoms. The monoisotopic (exact) mass is 419 g/mol. The van der Waals surface area contributed by atoms with Crippen LogP contribution in [0.2, 0.25) is 0 Å². The van der Waals surface area contributed by atoms with E-state index < -0.39 is 5.91 Å². The van der Waals surface area contributed by atoms with Crippen molar-refractivity contribution in [1.29, 1.82) is 0 Å². The molecular weight excluding hydrogens is 398 g/mol. The average Bonchev–Trinajstić information content (AvgIpc) is 3.46. The number of nitrogens with one attached hydrogen (secondary N) is 2. The number of carbonyl (C=O) groups excluding carboxylic acids is 1. The molecule has 1 fully saturated rings. The first-order chi connectivity index (χ1) is 14.7. The zero-order valence-corrected chi connectivity index (χ0v) is 17.0. The van der Waals surface area contributed by atoms with Crippen LogP contribution in [0.15, 0.2) is 54.3 Å². The molecule has 0 aliphatic carbocycles. The maximum absolute atomic E-state index is 11.4. The van der Waals surface area contributed by atoms with Crippen LogP contribution in [0.4, 0.5) is 17.2 Å². The van der Waals surface area contributed by atoms with Gasteiger partial charge >= 0.3 is 0 Å². The average molecular weight is 420 g/mol. The van der Waals surface area contributed by atoms with Crippen LogP contribution in [0.5, 0.6) is 0 Å². The molecule has 1 aromatic carbocycles. The lowest BCUT2D eigenvalue weighted by Crippen LogP contribution is -2.43. The van der Waals surface area contributed by atoms with Gasteiger partial charge in [0.1, 0.15) is 0 Å². The Kier molecular flexibility index (Phi) is 4.82. The molecule has 0 unspecified atom stereocenters. The third-order valence-electron chi connectivity index (χ3n) is 5.18. The number of amides is 1. The highest BCUT2D eigenvalue weighted by atomic mass is 32.1. The van der Waals surface area contributed by atoms with E-state index in [9.17, 15) is 4.79 Å². The largest absolute Gasteiger partial charge is 0.369 e. The number of primary amides is 1. The Hall–Kier alpha value is -3.43. The van der Waals surface area contributed by atoms with Crippen molar-refractivity contribution in [3.8, 4) is 11.3 Å². The van der Waals surface area contributed by atoms with Crippen LogP contribution < -0.4 is 21.3 Å². The molecule has 1 aliphatic rings. The van der Waals surface area contributed by atoms with Crippen molar-refractivity contribution in [2.75, 3.05) is 36.4 Å². The van der Waals surface area contributed by atoms with Crippen molar-refractivity contribution in [2.24, 2.45) is 5.73 Å². The maximum Gasteiger partial charge on any atom is 0.258 e. The van der Waals surface area contributed by atoms with Gasteiger partial charge < -0.3 is 21.3 Å². The number of aromatic nitrogens is 3. The summed E-state index contributed by atoms with van der Waals surface area (Å²) in [4.78, 5) is 23.4. The number of imidazole rings is 1. The molecule has 0 radical (unpaired) electrons. The summed E-state index contributed by atoms with van der Waals surface area (Å²) in [6.45, 7) is 4.06. The summed E-state index contributed by atoms with van der Waals surface area (Å²) in [5, 5.41) is 8.64. The van der Waals surface area contributed by atoms with E-state index >= 15 is 0 Å². The molecule has 5 rings (SSSR count). The Labute approximate surface area is 177 Å². The van der Waals surface area contributed by atoms with E-state index in [1.165, 1.54) is 17.0 Å². The highest BCUT2D eigenvalue weighted by molar-refractivity contribution is 7.12. The van der Waals surface area contributed by atoms with Gasteiger partial charge in [-0.2, -0.15) is 0 Å². The van der Waals surface area contributed by atoms with Gasteiger partial charge in [0.05, 0.1) is 16.8 Å². The lowest BCUT2D eigenvalue weighted by Gasteiger charge is -2.29. The number of anilines is 3. The van der Waals surface area contributed by atoms with Gasteiger partial charge in [0.2, 0.25) is 0 Å². The van der Waals surface area contributed by atoms with Gasteiger partial charge in [-0.05, 0) is 30.3 Å². The molecule has 4 aromatic rings. The van der Waals surface area contributed by atoms with E-state index in [0.29, 0.717) is 16.3 Å². The van der Waals surface area contributed by atoms with E-state index in [4.69, 9.17) is 5.73 Å². The van der Waals surface area contributed by atoms with Gasteiger partial charge in [-0.1, -0.05) is 0 Å². The van der Waals surface area contributed by atoms with Gasteiger partial charge in [0.25, 0.3) is 5.91 Å². The van der Waals surface area contributed by atoms with Gasteiger partial charge in [-0.15, -0.1) is 11.3 Å². The fourth-order valence-electron chi connectivity index (χ4n) is 3.64. The van der Waals surface area contributed by atoms with Crippen LogP contribution in [0.3, 0.4) is 0 Å². The SMILES string of the molecule is NC(=O)c1cc(-c2cnc(Nc3ccc(N4CCNCC4)cc3)c3nccn23)cs1. The highest BCUT2D eigenvalue weighted by Crippen LogP contribution is 2.29. The molecule has 9 heteroatoms. The van der Waals surface area contributed by atoms with Gasteiger partial charge in [-0.25, -0.2) is 9.97 Å². The number of nitrogens with zero attached hydrogens (tertiary/aromatic N) is 4. The number of thiophene rings is 1. The van der Waals surface area contributed by atoms with Crippen LogP contribution >= 0.6 is 11.3 Å². The second-order valence-corrected chi connectivity index (χ2v) is 8.00. The zero-order chi connectivity index (χ0) is 20.5. The zero-order valence-electron chi connectivity index (χ0n) is 16.2. The minimum Gasteiger partial charge on any atom is -0.369 e. The first-order valence-corrected chi connectivity index (χ1v) is 10.6. The molecular formula is C21H21N7OS. The molecule has 0 atom stereocenters. The summed E-state index contributed by atoms with van der Waals surface area (Å²) in [6.07, 6.45) is 5.39. The van der Waals surface area contributed by atoms with Crippen LogP contribution in [-0.2, 0) is 0 Å². The fraction of sp³-hybridized carbons (Fsp3) is 0.190. The number of nitrogens with two attached hydrogens (primary N) is 1. The van der Waals surface area contributed by atoms with Gasteiger partial charge in [0.15, 0.2) is 11.5 Å². The Morgan fingerprint density at radius 2 is 1.97 bits per heavy atom. The van der Waals surface area contributed by atoms with E-state index in [0.717, 1.165) is 43.1 Å². The Bertz CT molecular complexity index is 1190. The second-order valence-electron chi connectivity index (χ2n) is 7.09. The lowest BCUT2D eigenvalue weighted by molar-refractivity contribution is 0.100. The standard InChI is InChI=1S/C21H21N7OS/c22-19(29)18-11-14(13-30-18)17-12-25-20(21-24-7-10-28(17)21)26-15-1-3-16(4-2-15)27-8-5-23-6-9-27/h1-4,7,10-13,23H,5-6,8-9H2,(H2,22,29)(H,25,26). The quantitative estimate of drug-likeness (QED) is 0.460. The molecule has 30 heavy (non-hydrogen) atoms. The molecule has 8 nitrogen and oxygen atoms in total. The molecule has 0 saturated carbocycles. The van der Waals surface area contributed by atoms with Crippen LogP contribution in [0.1, 0.15) is 9.67 Å². The smallest absolute Gasteiger partial charge is 0.258 e. The normalized spacial score (nSPS) is 14.2. The molecule has 3 aromatic heterocycles. The van der Waals surface area contributed by atoms with Crippen LogP contribution in [0, 0.1) is 0 Å². The van der Waals surface area contributed by atoms with Crippen molar-refractivity contribution in [3.05, 3.63) is 59.2 Å². The molecule has 0 spiro atoms. The molecule has 1 amide bonds. The minimum absolute atomic E-state index is 0.427. The minimum atomic E-state index is -0.427. The summed E-state index contributed by atoms with van der Waals surface area (Å²) in [5.74, 6) is 0.243. The third-order valence-corrected chi connectivity index (χ3v) is 6.12. The predicted molar refractivity (Wildman–Crippen MR) is 120 cm³/mol. The lowest BCUT2D eigenvalue weighted by atomic mass is 10.2. The number of benzene rings is 1. The molecule has 4 N–H and O–H groups in total. The van der Waals surface area contributed by atoms with Crippen molar-refractivity contribution < 1.29 is 4.79 Å². The summed E-state index contributed by atoms with van der Waals surface area (Å²) in [7, 11) is 0. The number of piperazine rings is 1. The first-order valence-electron chi connectivity index (χ1n) is 9.72. The number of carbonyl (C=O) groups is 1. The van der Waals surface area contributed by atoms with E-state index in [1.54, 1.807) is 18.5 Å². The molecule has 1 aliphatic heterocycles. The van der Waals surface area contributed by atoms with Crippen molar-refractivity contribution in [2.45, 2.75) is 0 Å². The summed E-state index contributed by atoms with van der Waals surface area (Å²) in [5.41, 5.74) is 10.0. The number of rotatable bonds is 5. The van der Waals surface area contributed by atoms with E-state index in [-0.39, 0.29) is 0 Å². The van der Waals surface area contributed by atoms with Crippen molar-refractivity contribution in [3.63, 3.8) is 0 Å². The Morgan fingerprint density at radius 1 is 1.17 bits per heavy atom. The predicted octanol–water partition coefficient (Wildman–Crippen LogP) is 2.71. The number of hydrogen-bond donors (Lipinski definition) is 3. The van der Waals surface area contributed by atoms with Gasteiger partial charge in [0, 0.05) is 60.9 Å². The number of hydrogen-bond acceptors (Lipinski definition) is 7. The van der Waals surface area contributed by atoms with E-state index in [1.807, 2.05) is 16.0 Å². The summed E-state index contributed by atoms with van der Waals surface area (Å²) < 4.78 is 1.96. The topological polar surface area (TPSA) is 101 Å². The highest BCUT2D eigenvalue weighted by Gasteiger charge is 2.14. The second kappa shape index (κ2) is 7.77. The summed E-state index contributed by atoms with van der Waals surface area (Å²) >= 11 is 1.32. The molecule has 1 saturated heterocycles. The van der Waals surface area contributed by atoms with Crippen LogP contribution in [0.25, 0.3) is 16.9 Å². The number of fused-ring (bicyclic) bond motifs is 1. The van der Waals surface area contributed by atoms with Crippen molar-refractivity contribution in [1.82, 2.24) is 19.7 Å². The van der Waals surface area contributed by atoms with Crippen molar-refractivity contribution >= 4 is 40.1 Å².